The summed E-state index contributed by atoms with van der Waals surface area (Å²) >= 11 is 5.92. The van der Waals surface area contributed by atoms with Crippen molar-refractivity contribution in [3.05, 3.63) is 40.3 Å². The average molecular weight is 478 g/mol. The van der Waals surface area contributed by atoms with Crippen LogP contribution in [0.25, 0.3) is 11.3 Å². The van der Waals surface area contributed by atoms with Gasteiger partial charge in [0.2, 0.25) is 0 Å². The van der Waals surface area contributed by atoms with Crippen molar-refractivity contribution in [3.8, 4) is 11.3 Å². The molecule has 178 valence electrons. The second kappa shape index (κ2) is 9.30. The summed E-state index contributed by atoms with van der Waals surface area (Å²) in [7, 11) is 0. The summed E-state index contributed by atoms with van der Waals surface area (Å²) in [5.41, 5.74) is 6.96. The van der Waals surface area contributed by atoms with Crippen molar-refractivity contribution in [2.45, 2.75) is 64.3 Å². The number of hydrogen-bond acceptors (Lipinski definition) is 4. The van der Waals surface area contributed by atoms with E-state index in [9.17, 15) is 14.0 Å². The number of nitrogens with two attached hydrogens (primary N) is 1. The molecule has 0 saturated heterocycles. The molecule has 1 aliphatic heterocycles. The number of hydrogen-bond donors (Lipinski definition) is 2. The van der Waals surface area contributed by atoms with Gasteiger partial charge in [-0.15, -0.1) is 0 Å². The summed E-state index contributed by atoms with van der Waals surface area (Å²) in [5, 5.41) is 7.56. The van der Waals surface area contributed by atoms with Crippen molar-refractivity contribution in [3.63, 3.8) is 0 Å². The van der Waals surface area contributed by atoms with Gasteiger partial charge in [0.25, 0.3) is 5.91 Å². The van der Waals surface area contributed by atoms with Gasteiger partial charge in [0.15, 0.2) is 0 Å². The lowest BCUT2D eigenvalue weighted by Gasteiger charge is -2.46. The number of fused-ring (bicyclic) bond motifs is 1. The van der Waals surface area contributed by atoms with Crippen LogP contribution in [-0.4, -0.2) is 51.4 Å². The Morgan fingerprint density at radius 3 is 2.79 bits per heavy atom. The van der Waals surface area contributed by atoms with Crippen molar-refractivity contribution in [2.75, 3.05) is 13.2 Å². The van der Waals surface area contributed by atoms with Crippen LogP contribution in [0.15, 0.2) is 18.2 Å². The molecule has 0 bridgehead atoms. The molecule has 2 heterocycles. The van der Waals surface area contributed by atoms with Gasteiger partial charge in [-0.1, -0.05) is 24.9 Å². The van der Waals surface area contributed by atoms with Gasteiger partial charge >= 0.3 is 6.03 Å². The molecule has 3 N–H and O–H groups in total. The number of halogens is 2. The Balaban J connectivity index is 1.47. The van der Waals surface area contributed by atoms with Gasteiger partial charge in [0, 0.05) is 24.3 Å². The highest BCUT2D eigenvalue weighted by molar-refractivity contribution is 6.31. The zero-order valence-electron chi connectivity index (χ0n) is 18.9. The standard InChI is InChI=1S/C23H29ClFN5O3/c1-3-4-9-33-15-11-23(2,12-15)27-22(32)29-7-8-30-18(13-29)19(21(26)31)20(28-30)14-5-6-17(25)16(24)10-14/h5-6,10,15H,3-4,7-9,11-13H2,1-2H3,(H2,26,31)(H,27,32). The Morgan fingerprint density at radius 1 is 1.36 bits per heavy atom. The van der Waals surface area contributed by atoms with E-state index in [-0.39, 0.29) is 34.8 Å². The zero-order chi connectivity index (χ0) is 23.8. The van der Waals surface area contributed by atoms with E-state index in [0.29, 0.717) is 30.0 Å². The number of unbranched alkanes of at least 4 members (excludes halogenated alkanes) is 1. The van der Waals surface area contributed by atoms with Crippen molar-refractivity contribution >= 4 is 23.5 Å². The van der Waals surface area contributed by atoms with Crippen molar-refractivity contribution in [1.82, 2.24) is 20.0 Å². The summed E-state index contributed by atoms with van der Waals surface area (Å²) in [5.74, 6) is -1.22. The molecular weight excluding hydrogens is 449 g/mol. The van der Waals surface area contributed by atoms with Crippen LogP contribution in [0.3, 0.4) is 0 Å². The average Bonchev–Trinajstić information content (AvgIpc) is 3.13. The fraction of sp³-hybridized carbons (Fsp3) is 0.522. The molecule has 10 heteroatoms. The third-order valence-electron chi connectivity index (χ3n) is 6.32. The van der Waals surface area contributed by atoms with Crippen LogP contribution in [0, 0.1) is 5.82 Å². The second-order valence-corrected chi connectivity index (χ2v) is 9.46. The minimum Gasteiger partial charge on any atom is -0.378 e. The quantitative estimate of drug-likeness (QED) is 0.593. The topological polar surface area (TPSA) is 102 Å². The van der Waals surface area contributed by atoms with Gasteiger partial charge in [-0.25, -0.2) is 9.18 Å². The first-order valence-electron chi connectivity index (χ1n) is 11.2. The number of carbonyl (C=O) groups is 2. The summed E-state index contributed by atoms with van der Waals surface area (Å²) < 4.78 is 21.1. The van der Waals surface area contributed by atoms with Gasteiger partial charge in [-0.05, 0) is 44.4 Å². The normalized spacial score (nSPS) is 21.9. The Kier molecular flexibility index (Phi) is 6.63. The van der Waals surface area contributed by atoms with Crippen molar-refractivity contribution < 1.29 is 18.7 Å². The summed E-state index contributed by atoms with van der Waals surface area (Å²) in [6.45, 7) is 5.94. The number of aromatic nitrogens is 2. The number of benzene rings is 1. The van der Waals surface area contributed by atoms with Gasteiger partial charge in [0.05, 0.1) is 35.5 Å². The number of amides is 3. The fourth-order valence-electron chi connectivity index (χ4n) is 4.49. The maximum absolute atomic E-state index is 13.6. The third kappa shape index (κ3) is 4.84. The first-order valence-corrected chi connectivity index (χ1v) is 11.6. The first kappa shape index (κ1) is 23.5. The Morgan fingerprint density at radius 2 is 2.12 bits per heavy atom. The lowest BCUT2D eigenvalue weighted by atomic mass is 9.76. The van der Waals surface area contributed by atoms with Crippen LogP contribution in [0.2, 0.25) is 5.02 Å². The molecule has 33 heavy (non-hydrogen) atoms. The van der Waals surface area contributed by atoms with E-state index in [2.05, 4.69) is 17.3 Å². The molecule has 0 unspecified atom stereocenters. The van der Waals surface area contributed by atoms with E-state index >= 15 is 0 Å². The number of primary amides is 1. The molecule has 4 rings (SSSR count). The number of carbonyl (C=O) groups excluding carboxylic acids is 2. The summed E-state index contributed by atoms with van der Waals surface area (Å²) in [6, 6.07) is 3.94. The zero-order valence-corrected chi connectivity index (χ0v) is 19.6. The largest absolute Gasteiger partial charge is 0.378 e. The Bertz CT molecular complexity index is 1070. The molecule has 2 aromatic rings. The number of urea groups is 1. The van der Waals surface area contributed by atoms with E-state index < -0.39 is 11.7 Å². The predicted octanol–water partition coefficient (Wildman–Crippen LogP) is 3.70. The highest BCUT2D eigenvalue weighted by atomic mass is 35.5. The Labute approximate surface area is 197 Å². The molecule has 0 atom stereocenters. The fourth-order valence-corrected chi connectivity index (χ4v) is 4.67. The molecule has 1 fully saturated rings. The van der Waals surface area contributed by atoms with Gasteiger partial charge in [-0.2, -0.15) is 5.10 Å². The highest BCUT2D eigenvalue weighted by Crippen LogP contribution is 2.35. The highest BCUT2D eigenvalue weighted by Gasteiger charge is 2.43. The van der Waals surface area contributed by atoms with Crippen LogP contribution in [0.4, 0.5) is 9.18 Å². The number of nitrogens with zero attached hydrogens (tertiary/aromatic N) is 3. The number of nitrogens with one attached hydrogen (secondary N) is 1. The molecular formula is C23H29ClFN5O3. The maximum Gasteiger partial charge on any atom is 0.318 e. The number of ether oxygens (including phenoxy) is 1. The molecule has 1 aromatic carbocycles. The minimum atomic E-state index is -0.660. The molecule has 2 aliphatic rings. The minimum absolute atomic E-state index is 0.0689. The van der Waals surface area contributed by atoms with Crippen LogP contribution in [0.5, 0.6) is 0 Å². The molecule has 0 spiro atoms. The lowest BCUT2D eigenvalue weighted by molar-refractivity contribution is -0.0472. The monoisotopic (exact) mass is 477 g/mol. The van der Waals surface area contributed by atoms with E-state index in [1.54, 1.807) is 9.58 Å². The molecule has 1 saturated carbocycles. The van der Waals surface area contributed by atoms with Gasteiger partial charge in [0.1, 0.15) is 11.5 Å². The molecule has 0 radical (unpaired) electrons. The Hall–Kier alpha value is -2.65. The summed E-state index contributed by atoms with van der Waals surface area (Å²) in [4.78, 5) is 27.0. The first-order chi connectivity index (χ1) is 15.7. The predicted molar refractivity (Wildman–Crippen MR) is 122 cm³/mol. The van der Waals surface area contributed by atoms with Crippen molar-refractivity contribution in [1.29, 1.82) is 0 Å². The second-order valence-electron chi connectivity index (χ2n) is 9.05. The van der Waals surface area contributed by atoms with Gasteiger partial charge < -0.3 is 20.7 Å². The molecule has 1 aromatic heterocycles. The van der Waals surface area contributed by atoms with E-state index in [0.717, 1.165) is 32.3 Å². The van der Waals surface area contributed by atoms with E-state index in [1.165, 1.54) is 18.2 Å². The van der Waals surface area contributed by atoms with E-state index in [4.69, 9.17) is 22.1 Å². The SMILES string of the molecule is CCCCOC1CC(C)(NC(=O)N2CCn3nc(-c4ccc(F)c(Cl)c4)c(C(N)=O)c3C2)C1. The van der Waals surface area contributed by atoms with E-state index in [1.807, 2.05) is 6.92 Å². The van der Waals surface area contributed by atoms with Crippen LogP contribution < -0.4 is 11.1 Å². The van der Waals surface area contributed by atoms with Gasteiger partial charge in [-0.3, -0.25) is 9.48 Å². The van der Waals surface area contributed by atoms with Crippen LogP contribution >= 0.6 is 11.6 Å². The van der Waals surface area contributed by atoms with Crippen LogP contribution in [0.1, 0.15) is 55.6 Å². The lowest BCUT2D eigenvalue weighted by Crippen LogP contribution is -2.61. The van der Waals surface area contributed by atoms with Crippen molar-refractivity contribution in [2.24, 2.45) is 5.73 Å². The molecule has 3 amide bonds. The third-order valence-corrected chi connectivity index (χ3v) is 6.61. The van der Waals surface area contributed by atoms with Crippen LogP contribution in [-0.2, 0) is 17.8 Å². The smallest absolute Gasteiger partial charge is 0.318 e. The number of rotatable bonds is 7. The molecule has 8 nitrogen and oxygen atoms in total. The summed E-state index contributed by atoms with van der Waals surface area (Å²) in [6.07, 6.45) is 3.85. The molecule has 1 aliphatic carbocycles. The maximum atomic E-state index is 13.6.